The lowest BCUT2D eigenvalue weighted by atomic mass is 10.1. The second-order valence-corrected chi connectivity index (χ2v) is 3.88. The Labute approximate surface area is 85.1 Å². The van der Waals surface area contributed by atoms with Crippen molar-refractivity contribution >= 4 is 16.4 Å². The first-order valence-corrected chi connectivity index (χ1v) is 5.73. The summed E-state index contributed by atoms with van der Waals surface area (Å²) in [4.78, 5) is 0. The highest BCUT2D eigenvalue weighted by Crippen LogP contribution is 2.09. The van der Waals surface area contributed by atoms with Crippen LogP contribution < -0.4 is 11.1 Å². The van der Waals surface area contributed by atoms with Gasteiger partial charge in [0.1, 0.15) is 5.88 Å². The van der Waals surface area contributed by atoms with Crippen LogP contribution in [0.15, 0.2) is 24.3 Å². The molecule has 0 spiro atoms. The van der Waals surface area contributed by atoms with Gasteiger partial charge in [0.2, 0.25) is 0 Å². The smallest absolute Gasteiger partial charge is 0.158 e. The van der Waals surface area contributed by atoms with Crippen molar-refractivity contribution in [2.24, 2.45) is 5.73 Å². The van der Waals surface area contributed by atoms with Gasteiger partial charge >= 0.3 is 0 Å². The number of anilines is 1. The first kappa shape index (κ1) is 11.0. The number of nitrogens with one attached hydrogen (secondary N) is 1. The Morgan fingerprint density at radius 2 is 1.86 bits per heavy atom. The van der Waals surface area contributed by atoms with Crippen LogP contribution in [0.3, 0.4) is 0 Å². The zero-order valence-electron chi connectivity index (χ0n) is 7.77. The van der Waals surface area contributed by atoms with E-state index in [-0.39, 0.29) is 5.88 Å². The number of benzene rings is 1. The maximum atomic E-state index is 10.3. The summed E-state index contributed by atoms with van der Waals surface area (Å²) in [5.41, 5.74) is 7.37. The molecular formula is C9H14N2O2S. The molecule has 0 bridgehead atoms. The molecule has 1 aromatic rings. The molecule has 3 N–H and O–H groups in total. The molecule has 5 heteroatoms. The van der Waals surface area contributed by atoms with Crippen LogP contribution in [0.4, 0.5) is 5.69 Å². The fourth-order valence-corrected chi connectivity index (χ4v) is 1.42. The zero-order valence-corrected chi connectivity index (χ0v) is 8.67. The predicted octanol–water partition coefficient (Wildman–Crippen LogP) is 0.169. The first-order chi connectivity index (χ1) is 6.72. The van der Waals surface area contributed by atoms with Gasteiger partial charge in [0.05, 0.1) is 0 Å². The molecule has 14 heavy (non-hydrogen) atoms. The summed E-state index contributed by atoms with van der Waals surface area (Å²) in [6, 6.07) is 7.58. The lowest BCUT2D eigenvalue weighted by molar-refractivity contribution is 0.616. The van der Waals surface area contributed by atoms with Crippen LogP contribution in [-0.4, -0.2) is 20.8 Å². The summed E-state index contributed by atoms with van der Waals surface area (Å²) >= 11 is 0. The van der Waals surface area contributed by atoms with Crippen molar-refractivity contribution in [1.29, 1.82) is 0 Å². The minimum Gasteiger partial charge on any atom is -0.372 e. The van der Waals surface area contributed by atoms with E-state index in [9.17, 15) is 8.42 Å². The highest BCUT2D eigenvalue weighted by atomic mass is 32.2. The highest BCUT2D eigenvalue weighted by molar-refractivity contribution is 7.72. The van der Waals surface area contributed by atoms with Gasteiger partial charge in [0.25, 0.3) is 0 Å². The van der Waals surface area contributed by atoms with Crippen LogP contribution in [0.2, 0.25) is 0 Å². The lowest BCUT2D eigenvalue weighted by Crippen LogP contribution is -2.04. The molecule has 0 aliphatic carbocycles. The SMILES string of the molecule is NCCc1ccc(NC[SH](=O)=O)cc1. The van der Waals surface area contributed by atoms with Crippen LogP contribution in [0.1, 0.15) is 5.56 Å². The van der Waals surface area contributed by atoms with Crippen molar-refractivity contribution in [2.45, 2.75) is 6.42 Å². The van der Waals surface area contributed by atoms with E-state index in [4.69, 9.17) is 5.73 Å². The third kappa shape index (κ3) is 3.76. The summed E-state index contributed by atoms with van der Waals surface area (Å²) in [7, 11) is -2.37. The molecule has 4 nitrogen and oxygen atoms in total. The lowest BCUT2D eigenvalue weighted by Gasteiger charge is -2.03. The van der Waals surface area contributed by atoms with E-state index in [1.165, 1.54) is 0 Å². The third-order valence-electron chi connectivity index (χ3n) is 1.80. The second-order valence-electron chi connectivity index (χ2n) is 2.90. The molecule has 0 aromatic heterocycles. The average molecular weight is 214 g/mol. The number of thiol groups is 1. The van der Waals surface area contributed by atoms with Crippen LogP contribution in [0, 0.1) is 0 Å². The molecule has 0 heterocycles. The summed E-state index contributed by atoms with van der Waals surface area (Å²) in [5.74, 6) is -0.0223. The van der Waals surface area contributed by atoms with Gasteiger partial charge in [0, 0.05) is 5.69 Å². The van der Waals surface area contributed by atoms with E-state index < -0.39 is 10.7 Å². The predicted molar refractivity (Wildman–Crippen MR) is 58.0 cm³/mol. The summed E-state index contributed by atoms with van der Waals surface area (Å²) in [6.45, 7) is 0.624. The highest BCUT2D eigenvalue weighted by Gasteiger charge is 1.93. The van der Waals surface area contributed by atoms with Gasteiger partial charge in [-0.3, -0.25) is 0 Å². The molecule has 1 rings (SSSR count). The molecule has 0 saturated carbocycles. The van der Waals surface area contributed by atoms with Gasteiger partial charge in [0.15, 0.2) is 10.7 Å². The molecule has 1 aromatic carbocycles. The fourth-order valence-electron chi connectivity index (χ4n) is 1.11. The Kier molecular flexibility index (Phi) is 4.42. The van der Waals surface area contributed by atoms with E-state index >= 15 is 0 Å². The minimum absolute atomic E-state index is 0.0223. The minimum atomic E-state index is -2.37. The van der Waals surface area contributed by atoms with E-state index in [2.05, 4.69) is 5.32 Å². The first-order valence-electron chi connectivity index (χ1n) is 4.37. The molecule has 0 radical (unpaired) electrons. The molecular weight excluding hydrogens is 200 g/mol. The maximum absolute atomic E-state index is 10.3. The second kappa shape index (κ2) is 5.62. The molecule has 0 aliphatic rings. The summed E-state index contributed by atoms with van der Waals surface area (Å²) < 4.78 is 20.6. The van der Waals surface area contributed by atoms with E-state index in [0.29, 0.717) is 6.54 Å². The van der Waals surface area contributed by atoms with E-state index in [0.717, 1.165) is 17.7 Å². The number of nitrogens with two attached hydrogens (primary N) is 1. The normalized spacial score (nSPS) is 10.4. The Morgan fingerprint density at radius 3 is 2.36 bits per heavy atom. The Balaban J connectivity index is 2.54. The quantitative estimate of drug-likeness (QED) is 0.611. The summed E-state index contributed by atoms with van der Waals surface area (Å²) in [5, 5.41) is 2.79. The molecule has 78 valence electrons. The van der Waals surface area contributed by atoms with Gasteiger partial charge < -0.3 is 11.1 Å². The van der Waals surface area contributed by atoms with Crippen LogP contribution in [0.25, 0.3) is 0 Å². The maximum Gasteiger partial charge on any atom is 0.158 e. The van der Waals surface area contributed by atoms with Crippen molar-refractivity contribution < 1.29 is 8.42 Å². The fraction of sp³-hybridized carbons (Fsp3) is 0.333. The van der Waals surface area contributed by atoms with Gasteiger partial charge in [-0.1, -0.05) is 12.1 Å². The standard InChI is InChI=1S/C9H14N2O2S/c10-6-5-8-1-3-9(4-2-8)11-7-14(12)13/h1-4,11,14H,5-7,10H2. The molecule has 0 unspecified atom stereocenters. The molecule has 0 atom stereocenters. The Hall–Kier alpha value is -1.07. The van der Waals surface area contributed by atoms with Crippen LogP contribution >= 0.6 is 0 Å². The largest absolute Gasteiger partial charge is 0.372 e. The monoisotopic (exact) mass is 214 g/mol. The Morgan fingerprint density at radius 1 is 1.21 bits per heavy atom. The van der Waals surface area contributed by atoms with Crippen molar-refractivity contribution in [3.05, 3.63) is 29.8 Å². The number of hydrogen-bond donors (Lipinski definition) is 3. The van der Waals surface area contributed by atoms with Gasteiger partial charge in [-0.05, 0) is 30.7 Å². The third-order valence-corrected chi connectivity index (χ3v) is 2.22. The Bertz CT molecular complexity index is 338. The topological polar surface area (TPSA) is 72.2 Å². The molecule has 0 amide bonds. The van der Waals surface area contributed by atoms with E-state index in [1.807, 2.05) is 24.3 Å². The van der Waals surface area contributed by atoms with Gasteiger partial charge in [-0.25, -0.2) is 8.42 Å². The van der Waals surface area contributed by atoms with Gasteiger partial charge in [-0.2, -0.15) is 0 Å². The average Bonchev–Trinajstić information content (AvgIpc) is 2.17. The van der Waals surface area contributed by atoms with Crippen LogP contribution in [0.5, 0.6) is 0 Å². The van der Waals surface area contributed by atoms with Gasteiger partial charge in [-0.15, -0.1) is 0 Å². The number of rotatable bonds is 5. The molecule has 0 saturated heterocycles. The number of hydrogen-bond acceptors (Lipinski definition) is 4. The zero-order chi connectivity index (χ0) is 10.4. The molecule has 0 aliphatic heterocycles. The molecule has 0 fully saturated rings. The summed E-state index contributed by atoms with van der Waals surface area (Å²) in [6.07, 6.45) is 0.843. The van der Waals surface area contributed by atoms with Crippen molar-refractivity contribution in [1.82, 2.24) is 0 Å². The van der Waals surface area contributed by atoms with E-state index in [1.54, 1.807) is 0 Å². The van der Waals surface area contributed by atoms with Crippen LogP contribution in [-0.2, 0) is 17.1 Å². The van der Waals surface area contributed by atoms with Crippen molar-refractivity contribution in [3.63, 3.8) is 0 Å². The van der Waals surface area contributed by atoms with Crippen molar-refractivity contribution in [2.75, 3.05) is 17.7 Å². The van der Waals surface area contributed by atoms with Crippen molar-refractivity contribution in [3.8, 4) is 0 Å².